The van der Waals surface area contributed by atoms with Crippen LogP contribution in [0, 0.1) is 18.3 Å². The summed E-state index contributed by atoms with van der Waals surface area (Å²) >= 11 is 0. The zero-order valence-electron chi connectivity index (χ0n) is 12.1. The van der Waals surface area contributed by atoms with Crippen molar-refractivity contribution in [1.29, 1.82) is 5.26 Å². The first-order chi connectivity index (χ1) is 10.2. The zero-order valence-corrected chi connectivity index (χ0v) is 12.1. The maximum Gasteiger partial charge on any atom is 0.161 e. The quantitative estimate of drug-likeness (QED) is 0.763. The second-order valence-corrected chi connectivity index (χ2v) is 4.44. The van der Waals surface area contributed by atoms with E-state index in [9.17, 15) is 0 Å². The van der Waals surface area contributed by atoms with Gasteiger partial charge in [-0.25, -0.2) is 0 Å². The van der Waals surface area contributed by atoms with E-state index in [0.717, 1.165) is 5.56 Å². The standard InChI is InChI=1S/C17H17NO3/c1-13-7-8-14(12-18)11-17(13)21-10-9-20-16-6-4-3-5-15(16)19-2/h3-8,11H,9-10H2,1-2H3. The molecule has 0 unspecified atom stereocenters. The minimum absolute atomic E-state index is 0.397. The van der Waals surface area contributed by atoms with Crippen molar-refractivity contribution in [2.45, 2.75) is 6.92 Å². The molecule has 0 aliphatic rings. The van der Waals surface area contributed by atoms with Gasteiger partial charge in [-0.15, -0.1) is 0 Å². The summed E-state index contributed by atoms with van der Waals surface area (Å²) < 4.78 is 16.5. The molecule has 2 aromatic rings. The minimum atomic E-state index is 0.397. The van der Waals surface area contributed by atoms with Gasteiger partial charge in [-0.2, -0.15) is 5.26 Å². The molecule has 4 nitrogen and oxygen atoms in total. The Labute approximate surface area is 124 Å². The number of benzene rings is 2. The molecule has 0 amide bonds. The second kappa shape index (κ2) is 7.20. The fraction of sp³-hybridized carbons (Fsp3) is 0.235. The molecule has 0 spiro atoms. The first kappa shape index (κ1) is 14.7. The highest BCUT2D eigenvalue weighted by atomic mass is 16.5. The van der Waals surface area contributed by atoms with Gasteiger partial charge in [0.05, 0.1) is 18.7 Å². The third-order valence-electron chi connectivity index (χ3n) is 2.98. The average Bonchev–Trinajstić information content (AvgIpc) is 2.53. The molecule has 0 fully saturated rings. The molecule has 0 bridgehead atoms. The van der Waals surface area contributed by atoms with E-state index in [1.165, 1.54) is 0 Å². The summed E-state index contributed by atoms with van der Waals surface area (Å²) in [5.74, 6) is 2.09. The molecule has 21 heavy (non-hydrogen) atoms. The van der Waals surface area contributed by atoms with Crippen LogP contribution in [0.1, 0.15) is 11.1 Å². The molecule has 0 saturated heterocycles. The molecule has 2 rings (SSSR count). The van der Waals surface area contributed by atoms with Crippen molar-refractivity contribution in [3.05, 3.63) is 53.6 Å². The van der Waals surface area contributed by atoms with Crippen LogP contribution in [0.2, 0.25) is 0 Å². The van der Waals surface area contributed by atoms with Crippen LogP contribution in [0.4, 0.5) is 0 Å². The minimum Gasteiger partial charge on any atom is -0.493 e. The lowest BCUT2D eigenvalue weighted by Gasteiger charge is -2.12. The average molecular weight is 283 g/mol. The van der Waals surface area contributed by atoms with Gasteiger partial charge in [-0.1, -0.05) is 18.2 Å². The molecule has 0 N–H and O–H groups in total. The van der Waals surface area contributed by atoms with Crippen LogP contribution in [0.15, 0.2) is 42.5 Å². The fourth-order valence-corrected chi connectivity index (χ4v) is 1.87. The predicted molar refractivity (Wildman–Crippen MR) is 79.9 cm³/mol. The fourth-order valence-electron chi connectivity index (χ4n) is 1.87. The molecule has 4 heteroatoms. The number of para-hydroxylation sites is 2. The Kier molecular flexibility index (Phi) is 5.05. The normalized spacial score (nSPS) is 9.76. The molecular weight excluding hydrogens is 266 g/mol. The number of hydrogen-bond donors (Lipinski definition) is 0. The largest absolute Gasteiger partial charge is 0.493 e. The topological polar surface area (TPSA) is 51.5 Å². The summed E-state index contributed by atoms with van der Waals surface area (Å²) in [4.78, 5) is 0. The van der Waals surface area contributed by atoms with Gasteiger partial charge in [0.15, 0.2) is 11.5 Å². The zero-order chi connectivity index (χ0) is 15.1. The summed E-state index contributed by atoms with van der Waals surface area (Å²) in [5.41, 5.74) is 1.58. The van der Waals surface area contributed by atoms with Crippen molar-refractivity contribution in [3.8, 4) is 23.3 Å². The Bertz CT molecular complexity index is 647. The van der Waals surface area contributed by atoms with Crippen LogP contribution in [0.25, 0.3) is 0 Å². The molecule has 0 saturated carbocycles. The number of aryl methyl sites for hydroxylation is 1. The maximum absolute atomic E-state index is 8.89. The smallest absolute Gasteiger partial charge is 0.161 e. The van der Waals surface area contributed by atoms with Gasteiger partial charge in [0.1, 0.15) is 19.0 Å². The number of nitriles is 1. The SMILES string of the molecule is COc1ccccc1OCCOc1cc(C#N)ccc1C. The van der Waals surface area contributed by atoms with Gasteiger partial charge in [0.25, 0.3) is 0 Å². The van der Waals surface area contributed by atoms with Crippen LogP contribution in [-0.2, 0) is 0 Å². The van der Waals surface area contributed by atoms with Gasteiger partial charge in [0, 0.05) is 0 Å². The maximum atomic E-state index is 8.89. The Balaban J connectivity index is 1.89. The van der Waals surface area contributed by atoms with Gasteiger partial charge < -0.3 is 14.2 Å². The Morgan fingerprint density at radius 1 is 0.952 bits per heavy atom. The van der Waals surface area contributed by atoms with E-state index in [4.69, 9.17) is 19.5 Å². The highest BCUT2D eigenvalue weighted by molar-refractivity contribution is 5.42. The summed E-state index contributed by atoms with van der Waals surface area (Å²) in [6.45, 7) is 2.74. The lowest BCUT2D eigenvalue weighted by molar-refractivity contribution is 0.210. The van der Waals surface area contributed by atoms with Crippen LogP contribution in [0.3, 0.4) is 0 Å². The van der Waals surface area contributed by atoms with Crippen molar-refractivity contribution >= 4 is 0 Å². The van der Waals surface area contributed by atoms with Crippen LogP contribution < -0.4 is 14.2 Å². The summed E-state index contributed by atoms with van der Waals surface area (Å²) in [7, 11) is 1.61. The number of nitrogens with zero attached hydrogens (tertiary/aromatic N) is 1. The van der Waals surface area contributed by atoms with Gasteiger partial charge in [-0.05, 0) is 36.8 Å². The molecule has 2 aromatic carbocycles. The summed E-state index contributed by atoms with van der Waals surface area (Å²) in [6, 6.07) is 14.9. The number of ether oxygens (including phenoxy) is 3. The lowest BCUT2D eigenvalue weighted by atomic mass is 10.1. The molecule has 0 radical (unpaired) electrons. The van der Waals surface area contributed by atoms with E-state index in [-0.39, 0.29) is 0 Å². The number of hydrogen-bond acceptors (Lipinski definition) is 4. The highest BCUT2D eigenvalue weighted by Crippen LogP contribution is 2.25. The Hall–Kier alpha value is -2.67. The lowest BCUT2D eigenvalue weighted by Crippen LogP contribution is -2.10. The van der Waals surface area contributed by atoms with Crippen molar-refractivity contribution in [1.82, 2.24) is 0 Å². The summed E-state index contributed by atoms with van der Waals surface area (Å²) in [6.07, 6.45) is 0. The first-order valence-corrected chi connectivity index (χ1v) is 6.64. The Morgan fingerprint density at radius 2 is 1.62 bits per heavy atom. The van der Waals surface area contributed by atoms with Crippen molar-refractivity contribution in [3.63, 3.8) is 0 Å². The third-order valence-corrected chi connectivity index (χ3v) is 2.98. The predicted octanol–water partition coefficient (Wildman–Crippen LogP) is 3.33. The number of methoxy groups -OCH3 is 1. The molecule has 0 atom stereocenters. The van der Waals surface area contributed by atoms with E-state index in [0.29, 0.717) is 36.0 Å². The van der Waals surface area contributed by atoms with E-state index in [2.05, 4.69) is 6.07 Å². The van der Waals surface area contributed by atoms with Crippen molar-refractivity contribution in [2.24, 2.45) is 0 Å². The van der Waals surface area contributed by atoms with Gasteiger partial charge >= 0.3 is 0 Å². The molecule has 0 aliphatic heterocycles. The van der Waals surface area contributed by atoms with Crippen molar-refractivity contribution in [2.75, 3.05) is 20.3 Å². The molecule has 0 aliphatic carbocycles. The Morgan fingerprint density at radius 3 is 2.29 bits per heavy atom. The van der Waals surface area contributed by atoms with E-state index >= 15 is 0 Å². The molecule has 0 heterocycles. The van der Waals surface area contributed by atoms with E-state index in [1.807, 2.05) is 37.3 Å². The second-order valence-electron chi connectivity index (χ2n) is 4.44. The summed E-state index contributed by atoms with van der Waals surface area (Å²) in [5, 5.41) is 8.89. The highest BCUT2D eigenvalue weighted by Gasteiger charge is 2.04. The van der Waals surface area contributed by atoms with Crippen LogP contribution in [-0.4, -0.2) is 20.3 Å². The van der Waals surface area contributed by atoms with Crippen molar-refractivity contribution < 1.29 is 14.2 Å². The van der Waals surface area contributed by atoms with Crippen LogP contribution in [0.5, 0.6) is 17.2 Å². The molecule has 108 valence electrons. The monoisotopic (exact) mass is 283 g/mol. The van der Waals surface area contributed by atoms with Gasteiger partial charge in [-0.3, -0.25) is 0 Å². The molecular formula is C17H17NO3. The molecule has 0 aromatic heterocycles. The third kappa shape index (κ3) is 3.90. The number of rotatable bonds is 6. The van der Waals surface area contributed by atoms with E-state index in [1.54, 1.807) is 19.2 Å². The van der Waals surface area contributed by atoms with Crippen LogP contribution >= 0.6 is 0 Å². The van der Waals surface area contributed by atoms with E-state index < -0.39 is 0 Å². The first-order valence-electron chi connectivity index (χ1n) is 6.64. The van der Waals surface area contributed by atoms with Gasteiger partial charge in [0.2, 0.25) is 0 Å².